The number of aliphatic hydroxyl groups is 1. The van der Waals surface area contributed by atoms with Crippen LogP contribution in [0.5, 0.6) is 5.88 Å². The van der Waals surface area contributed by atoms with Gasteiger partial charge in [0.2, 0.25) is 11.8 Å². The van der Waals surface area contributed by atoms with Crippen molar-refractivity contribution in [2.75, 3.05) is 11.9 Å². The van der Waals surface area contributed by atoms with Crippen molar-refractivity contribution in [3.8, 4) is 5.88 Å². The maximum atomic E-state index is 8.97. The standard InChI is InChI=1S/C13H23N3O2/c1-5-11(6-7-17)15-13-14-10(4)8-12(16-13)18-9(2)3/h8-9,11,17H,5-7H2,1-4H3,(H,14,15,16). The average molecular weight is 253 g/mol. The summed E-state index contributed by atoms with van der Waals surface area (Å²) in [5.74, 6) is 1.14. The Labute approximate surface area is 109 Å². The van der Waals surface area contributed by atoms with Crippen LogP contribution in [0.15, 0.2) is 6.07 Å². The zero-order chi connectivity index (χ0) is 13.5. The Kier molecular flexibility index (Phi) is 5.85. The first-order chi connectivity index (χ1) is 8.55. The van der Waals surface area contributed by atoms with Crippen molar-refractivity contribution in [1.29, 1.82) is 0 Å². The predicted molar refractivity (Wildman–Crippen MR) is 71.9 cm³/mol. The van der Waals surface area contributed by atoms with E-state index >= 15 is 0 Å². The van der Waals surface area contributed by atoms with Crippen LogP contribution in [0.1, 0.15) is 39.3 Å². The van der Waals surface area contributed by atoms with E-state index < -0.39 is 0 Å². The Hall–Kier alpha value is -1.36. The first kappa shape index (κ1) is 14.7. The number of nitrogens with one attached hydrogen (secondary N) is 1. The highest BCUT2D eigenvalue weighted by molar-refractivity contribution is 5.31. The second-order valence-corrected chi connectivity index (χ2v) is 4.60. The maximum absolute atomic E-state index is 8.97. The minimum absolute atomic E-state index is 0.0894. The highest BCUT2D eigenvalue weighted by atomic mass is 16.5. The molecule has 0 radical (unpaired) electrons. The van der Waals surface area contributed by atoms with Crippen molar-refractivity contribution in [2.24, 2.45) is 0 Å². The molecule has 0 spiro atoms. The van der Waals surface area contributed by atoms with Gasteiger partial charge in [0.15, 0.2) is 0 Å². The Morgan fingerprint density at radius 1 is 1.39 bits per heavy atom. The lowest BCUT2D eigenvalue weighted by Gasteiger charge is -2.17. The fraction of sp³-hybridized carbons (Fsp3) is 0.692. The van der Waals surface area contributed by atoms with Crippen LogP contribution in [0.4, 0.5) is 5.95 Å². The fourth-order valence-electron chi connectivity index (χ4n) is 1.62. The fourth-order valence-corrected chi connectivity index (χ4v) is 1.62. The van der Waals surface area contributed by atoms with Gasteiger partial charge in [-0.15, -0.1) is 0 Å². The molecule has 0 aliphatic carbocycles. The molecule has 102 valence electrons. The first-order valence-electron chi connectivity index (χ1n) is 6.44. The zero-order valence-corrected chi connectivity index (χ0v) is 11.6. The molecule has 0 bridgehead atoms. The van der Waals surface area contributed by atoms with Crippen LogP contribution in [0.2, 0.25) is 0 Å². The number of anilines is 1. The number of rotatable bonds is 7. The van der Waals surface area contributed by atoms with Crippen molar-refractivity contribution in [2.45, 2.75) is 52.7 Å². The zero-order valence-electron chi connectivity index (χ0n) is 11.6. The van der Waals surface area contributed by atoms with Crippen LogP contribution in [-0.4, -0.2) is 33.8 Å². The molecule has 0 aromatic carbocycles. The van der Waals surface area contributed by atoms with Crippen LogP contribution in [0.25, 0.3) is 0 Å². The van der Waals surface area contributed by atoms with Crippen LogP contribution >= 0.6 is 0 Å². The molecule has 0 saturated carbocycles. The molecule has 1 atom stereocenters. The van der Waals surface area contributed by atoms with Crippen molar-refractivity contribution >= 4 is 5.95 Å². The molecule has 0 aliphatic rings. The van der Waals surface area contributed by atoms with Crippen LogP contribution in [0.3, 0.4) is 0 Å². The Bertz CT molecular complexity index is 369. The summed E-state index contributed by atoms with van der Waals surface area (Å²) in [6.07, 6.45) is 1.69. The van der Waals surface area contributed by atoms with Gasteiger partial charge in [-0.25, -0.2) is 4.98 Å². The number of hydrogen-bond donors (Lipinski definition) is 2. The summed E-state index contributed by atoms with van der Waals surface area (Å²) in [5.41, 5.74) is 0.863. The first-order valence-corrected chi connectivity index (χ1v) is 6.44. The molecular weight excluding hydrogens is 230 g/mol. The number of nitrogens with zero attached hydrogens (tertiary/aromatic N) is 2. The van der Waals surface area contributed by atoms with Gasteiger partial charge in [-0.05, 0) is 33.6 Å². The average Bonchev–Trinajstić information content (AvgIpc) is 2.26. The van der Waals surface area contributed by atoms with Gasteiger partial charge in [0, 0.05) is 24.4 Å². The Morgan fingerprint density at radius 3 is 2.67 bits per heavy atom. The molecule has 1 heterocycles. The van der Waals surface area contributed by atoms with Gasteiger partial charge in [0.25, 0.3) is 0 Å². The summed E-state index contributed by atoms with van der Waals surface area (Å²) in [6, 6.07) is 2.00. The van der Waals surface area contributed by atoms with Crippen LogP contribution < -0.4 is 10.1 Å². The van der Waals surface area contributed by atoms with Gasteiger partial charge in [-0.1, -0.05) is 6.92 Å². The van der Waals surface area contributed by atoms with Gasteiger partial charge < -0.3 is 15.2 Å². The second-order valence-electron chi connectivity index (χ2n) is 4.60. The van der Waals surface area contributed by atoms with E-state index in [4.69, 9.17) is 9.84 Å². The molecule has 2 N–H and O–H groups in total. The van der Waals surface area contributed by atoms with Gasteiger partial charge in [0.1, 0.15) is 0 Å². The van der Waals surface area contributed by atoms with Gasteiger partial charge in [0.05, 0.1) is 6.10 Å². The lowest BCUT2D eigenvalue weighted by atomic mass is 10.2. The van der Waals surface area contributed by atoms with Crippen molar-refractivity contribution in [3.05, 3.63) is 11.8 Å². The van der Waals surface area contributed by atoms with E-state index in [1.54, 1.807) is 0 Å². The van der Waals surface area contributed by atoms with E-state index in [0.29, 0.717) is 18.2 Å². The van der Waals surface area contributed by atoms with Crippen LogP contribution in [0, 0.1) is 6.92 Å². The minimum atomic E-state index is 0.0894. The lowest BCUT2D eigenvalue weighted by molar-refractivity contribution is 0.232. The number of aliphatic hydroxyl groups excluding tert-OH is 1. The van der Waals surface area contributed by atoms with E-state index in [-0.39, 0.29) is 18.8 Å². The topological polar surface area (TPSA) is 67.3 Å². The molecule has 1 aromatic heterocycles. The number of aryl methyl sites for hydroxylation is 1. The summed E-state index contributed by atoms with van der Waals surface area (Å²) in [6.45, 7) is 8.06. The lowest BCUT2D eigenvalue weighted by Crippen LogP contribution is -2.22. The maximum Gasteiger partial charge on any atom is 0.226 e. The highest BCUT2D eigenvalue weighted by Gasteiger charge is 2.09. The summed E-state index contributed by atoms with van der Waals surface area (Å²) in [5, 5.41) is 12.2. The molecule has 1 aromatic rings. The third kappa shape index (κ3) is 4.87. The predicted octanol–water partition coefficient (Wildman–Crippen LogP) is 2.15. The van der Waals surface area contributed by atoms with Gasteiger partial charge in [-0.3, -0.25) is 0 Å². The van der Waals surface area contributed by atoms with E-state index in [1.807, 2.05) is 26.8 Å². The number of hydrogen-bond acceptors (Lipinski definition) is 5. The van der Waals surface area contributed by atoms with E-state index in [1.165, 1.54) is 0 Å². The van der Waals surface area contributed by atoms with Crippen molar-refractivity contribution in [3.63, 3.8) is 0 Å². The number of ether oxygens (including phenoxy) is 1. The molecule has 5 nitrogen and oxygen atoms in total. The van der Waals surface area contributed by atoms with E-state index in [2.05, 4.69) is 22.2 Å². The largest absolute Gasteiger partial charge is 0.475 e. The van der Waals surface area contributed by atoms with E-state index in [0.717, 1.165) is 12.1 Å². The van der Waals surface area contributed by atoms with Crippen molar-refractivity contribution < 1.29 is 9.84 Å². The Balaban J connectivity index is 2.78. The molecular formula is C13H23N3O2. The van der Waals surface area contributed by atoms with E-state index in [9.17, 15) is 0 Å². The molecule has 5 heteroatoms. The summed E-state index contributed by atoms with van der Waals surface area (Å²) in [4.78, 5) is 8.64. The normalized spacial score (nSPS) is 12.6. The summed E-state index contributed by atoms with van der Waals surface area (Å²) >= 11 is 0. The summed E-state index contributed by atoms with van der Waals surface area (Å²) in [7, 11) is 0. The van der Waals surface area contributed by atoms with Gasteiger partial charge >= 0.3 is 0 Å². The molecule has 0 saturated heterocycles. The monoisotopic (exact) mass is 253 g/mol. The molecule has 0 amide bonds. The second kappa shape index (κ2) is 7.16. The van der Waals surface area contributed by atoms with Crippen LogP contribution in [-0.2, 0) is 0 Å². The molecule has 0 fully saturated rings. The minimum Gasteiger partial charge on any atom is -0.475 e. The third-order valence-electron chi connectivity index (χ3n) is 2.49. The number of aromatic nitrogens is 2. The highest BCUT2D eigenvalue weighted by Crippen LogP contribution is 2.15. The van der Waals surface area contributed by atoms with Gasteiger partial charge in [-0.2, -0.15) is 4.98 Å². The van der Waals surface area contributed by atoms with Crippen molar-refractivity contribution in [1.82, 2.24) is 9.97 Å². The summed E-state index contributed by atoms with van der Waals surface area (Å²) < 4.78 is 5.57. The SMILES string of the molecule is CCC(CCO)Nc1nc(C)cc(OC(C)C)n1. The smallest absolute Gasteiger partial charge is 0.226 e. The Morgan fingerprint density at radius 2 is 2.11 bits per heavy atom. The molecule has 18 heavy (non-hydrogen) atoms. The molecule has 0 aliphatic heterocycles. The molecule has 1 rings (SSSR count). The molecule has 1 unspecified atom stereocenters. The third-order valence-corrected chi connectivity index (χ3v) is 2.49. The quantitative estimate of drug-likeness (QED) is 0.779.